The zero-order chi connectivity index (χ0) is 16.8. The lowest BCUT2D eigenvalue weighted by Gasteiger charge is -2.12. The molecule has 7 heteroatoms. The number of anilines is 1. The monoisotopic (exact) mass is 410 g/mol. The minimum Gasteiger partial charge on any atom is -0.255 e. The number of aryl methyl sites for hydroxylation is 3. The molecule has 3 rings (SSSR count). The Hall–Kier alpha value is -1.44. The van der Waals surface area contributed by atoms with Crippen molar-refractivity contribution in [2.24, 2.45) is 0 Å². The van der Waals surface area contributed by atoms with Gasteiger partial charge in [-0.2, -0.15) is 0 Å². The van der Waals surface area contributed by atoms with Crippen molar-refractivity contribution in [1.29, 1.82) is 0 Å². The van der Waals surface area contributed by atoms with Gasteiger partial charge >= 0.3 is 0 Å². The van der Waals surface area contributed by atoms with Gasteiger partial charge in [0.25, 0.3) is 10.0 Å². The van der Waals surface area contributed by atoms with E-state index in [2.05, 4.69) is 25.6 Å². The highest BCUT2D eigenvalue weighted by molar-refractivity contribution is 9.10. The van der Waals surface area contributed by atoms with Gasteiger partial charge in [0.1, 0.15) is 0 Å². The first-order chi connectivity index (χ1) is 10.8. The van der Waals surface area contributed by atoms with Crippen LogP contribution in [0.25, 0.3) is 10.2 Å². The summed E-state index contributed by atoms with van der Waals surface area (Å²) < 4.78 is 30.0. The number of nitrogens with zero attached hydrogens (tertiary/aromatic N) is 1. The van der Waals surface area contributed by atoms with E-state index < -0.39 is 10.0 Å². The van der Waals surface area contributed by atoms with Crippen LogP contribution in [0.2, 0.25) is 0 Å². The Kier molecular flexibility index (Phi) is 4.20. The number of hydrogen-bond acceptors (Lipinski definition) is 4. The lowest BCUT2D eigenvalue weighted by atomic mass is 10.1. The summed E-state index contributed by atoms with van der Waals surface area (Å²) in [5.41, 5.74) is 3.29. The molecule has 4 nitrogen and oxygen atoms in total. The molecule has 0 spiro atoms. The van der Waals surface area contributed by atoms with Crippen LogP contribution < -0.4 is 4.72 Å². The van der Waals surface area contributed by atoms with Crippen molar-refractivity contribution in [3.05, 3.63) is 51.5 Å². The summed E-state index contributed by atoms with van der Waals surface area (Å²) in [4.78, 5) is 4.67. The van der Waals surface area contributed by atoms with Crippen molar-refractivity contribution >= 4 is 52.6 Å². The number of benzene rings is 2. The molecule has 120 valence electrons. The Labute approximate surface area is 147 Å². The molecule has 1 N–H and O–H groups in total. The molecule has 0 fully saturated rings. The molecule has 0 atom stereocenters. The van der Waals surface area contributed by atoms with Gasteiger partial charge in [0.15, 0.2) is 5.13 Å². The summed E-state index contributed by atoms with van der Waals surface area (Å²) >= 11 is 4.72. The Morgan fingerprint density at radius 1 is 1.09 bits per heavy atom. The second-order valence-electron chi connectivity index (χ2n) is 5.46. The third-order valence-electron chi connectivity index (χ3n) is 3.45. The minimum absolute atomic E-state index is 0.323. The highest BCUT2D eigenvalue weighted by atomic mass is 79.9. The average molecular weight is 411 g/mol. The second kappa shape index (κ2) is 5.89. The summed E-state index contributed by atoms with van der Waals surface area (Å²) in [6, 6.07) is 9.41. The highest BCUT2D eigenvalue weighted by Gasteiger charge is 2.21. The molecule has 2 aromatic carbocycles. The summed E-state index contributed by atoms with van der Waals surface area (Å²) in [5, 5.41) is 0.373. The Balaban J connectivity index is 2.03. The molecule has 1 heterocycles. The molecule has 0 amide bonds. The fraction of sp³-hybridized carbons (Fsp3) is 0.188. The molecule has 0 unspecified atom stereocenters. The molecule has 3 aromatic rings. The number of aromatic nitrogens is 1. The maximum Gasteiger partial charge on any atom is 0.264 e. The average Bonchev–Trinajstić information content (AvgIpc) is 2.77. The largest absolute Gasteiger partial charge is 0.264 e. The van der Waals surface area contributed by atoms with Gasteiger partial charge in [-0.25, -0.2) is 13.4 Å². The van der Waals surface area contributed by atoms with Crippen LogP contribution in [0.5, 0.6) is 0 Å². The molecule has 0 aliphatic rings. The summed E-state index contributed by atoms with van der Waals surface area (Å²) in [7, 11) is -3.66. The van der Waals surface area contributed by atoms with Crippen molar-refractivity contribution in [3.8, 4) is 0 Å². The number of hydrogen-bond donors (Lipinski definition) is 1. The Bertz CT molecular complexity index is 987. The van der Waals surface area contributed by atoms with E-state index in [9.17, 15) is 8.42 Å². The van der Waals surface area contributed by atoms with E-state index in [0.717, 1.165) is 31.4 Å². The normalized spacial score (nSPS) is 11.8. The predicted octanol–water partition coefficient (Wildman–Crippen LogP) is 4.78. The topological polar surface area (TPSA) is 59.1 Å². The fourth-order valence-corrected chi connectivity index (χ4v) is 5.81. The Morgan fingerprint density at radius 3 is 2.39 bits per heavy atom. The quantitative estimate of drug-likeness (QED) is 0.675. The van der Waals surface area contributed by atoms with Gasteiger partial charge < -0.3 is 0 Å². The number of nitrogens with one attached hydrogen (secondary N) is 1. The van der Waals surface area contributed by atoms with Crippen LogP contribution in [0.4, 0.5) is 5.13 Å². The van der Waals surface area contributed by atoms with E-state index in [1.807, 2.05) is 51.1 Å². The predicted molar refractivity (Wildman–Crippen MR) is 98.8 cm³/mol. The van der Waals surface area contributed by atoms with Crippen molar-refractivity contribution < 1.29 is 8.42 Å². The van der Waals surface area contributed by atoms with E-state index in [1.165, 1.54) is 11.3 Å². The van der Waals surface area contributed by atoms with Crippen LogP contribution in [-0.4, -0.2) is 13.4 Å². The molecular weight excluding hydrogens is 396 g/mol. The van der Waals surface area contributed by atoms with Gasteiger partial charge in [0.2, 0.25) is 0 Å². The molecular formula is C16H15BrN2O2S2. The summed E-state index contributed by atoms with van der Waals surface area (Å²) in [5.74, 6) is 0. The first-order valence-corrected chi connectivity index (χ1v) is 10.0. The molecule has 0 saturated heterocycles. The van der Waals surface area contributed by atoms with Crippen LogP contribution in [0.3, 0.4) is 0 Å². The van der Waals surface area contributed by atoms with Gasteiger partial charge in [-0.05, 0) is 50.1 Å². The second-order valence-corrected chi connectivity index (χ2v) is 9.03. The summed E-state index contributed by atoms with van der Waals surface area (Å²) in [6.07, 6.45) is 0. The van der Waals surface area contributed by atoms with Crippen molar-refractivity contribution in [1.82, 2.24) is 4.98 Å². The molecule has 0 radical (unpaired) electrons. The first-order valence-electron chi connectivity index (χ1n) is 6.93. The molecule has 0 aliphatic carbocycles. The van der Waals surface area contributed by atoms with Crippen LogP contribution in [0.1, 0.15) is 16.7 Å². The lowest BCUT2D eigenvalue weighted by molar-refractivity contribution is 0.600. The van der Waals surface area contributed by atoms with Crippen LogP contribution in [0, 0.1) is 20.8 Å². The van der Waals surface area contributed by atoms with E-state index in [1.54, 1.807) is 0 Å². The minimum atomic E-state index is -3.66. The lowest BCUT2D eigenvalue weighted by Crippen LogP contribution is -2.15. The maximum atomic E-state index is 12.7. The van der Waals surface area contributed by atoms with Gasteiger partial charge in [-0.3, -0.25) is 4.72 Å². The summed E-state index contributed by atoms with van der Waals surface area (Å²) in [6.45, 7) is 5.57. The van der Waals surface area contributed by atoms with Gasteiger partial charge in [0.05, 0.1) is 15.1 Å². The number of sulfonamides is 1. The molecule has 0 saturated carbocycles. The maximum absolute atomic E-state index is 12.7. The van der Waals surface area contributed by atoms with E-state index in [0.29, 0.717) is 10.0 Å². The zero-order valence-corrected chi connectivity index (χ0v) is 16.1. The van der Waals surface area contributed by atoms with Crippen molar-refractivity contribution in [3.63, 3.8) is 0 Å². The fourth-order valence-electron chi connectivity index (χ4n) is 2.70. The SMILES string of the molecule is Cc1cc(C)c(S(=O)(=O)Nc2nc3ccc(Br)cc3s2)c(C)c1. The van der Waals surface area contributed by atoms with Gasteiger partial charge in [-0.1, -0.05) is 45.0 Å². The number of halogens is 1. The van der Waals surface area contributed by atoms with E-state index in [-0.39, 0.29) is 0 Å². The van der Waals surface area contributed by atoms with Crippen LogP contribution in [0.15, 0.2) is 39.7 Å². The smallest absolute Gasteiger partial charge is 0.255 e. The number of fused-ring (bicyclic) bond motifs is 1. The van der Waals surface area contributed by atoms with E-state index >= 15 is 0 Å². The van der Waals surface area contributed by atoms with Gasteiger partial charge in [-0.15, -0.1) is 0 Å². The van der Waals surface area contributed by atoms with Gasteiger partial charge in [0, 0.05) is 4.47 Å². The zero-order valence-electron chi connectivity index (χ0n) is 12.8. The number of thiazole rings is 1. The van der Waals surface area contributed by atoms with Crippen molar-refractivity contribution in [2.75, 3.05) is 4.72 Å². The van der Waals surface area contributed by atoms with Crippen LogP contribution >= 0.6 is 27.3 Å². The van der Waals surface area contributed by atoms with Crippen LogP contribution in [-0.2, 0) is 10.0 Å². The standard InChI is InChI=1S/C16H15BrN2O2S2/c1-9-6-10(2)15(11(3)7-9)23(20,21)19-16-18-13-5-4-12(17)8-14(13)22-16/h4-8H,1-3H3,(H,18,19). The van der Waals surface area contributed by atoms with Crippen molar-refractivity contribution in [2.45, 2.75) is 25.7 Å². The van der Waals surface area contributed by atoms with E-state index in [4.69, 9.17) is 0 Å². The highest BCUT2D eigenvalue weighted by Crippen LogP contribution is 2.31. The number of rotatable bonds is 3. The molecule has 0 aliphatic heterocycles. The molecule has 0 bridgehead atoms. The Morgan fingerprint density at radius 2 is 1.74 bits per heavy atom. The first kappa shape index (κ1) is 16.4. The molecule has 23 heavy (non-hydrogen) atoms. The third-order valence-corrected chi connectivity index (χ3v) is 6.65. The third kappa shape index (κ3) is 3.27. The molecule has 1 aromatic heterocycles.